The van der Waals surface area contributed by atoms with E-state index in [1.165, 1.54) is 5.69 Å². The van der Waals surface area contributed by atoms with Crippen molar-refractivity contribution in [2.24, 2.45) is 0 Å². The summed E-state index contributed by atoms with van der Waals surface area (Å²) in [5.41, 5.74) is 1.32. The normalized spacial score (nSPS) is 29.6. The van der Waals surface area contributed by atoms with E-state index in [2.05, 4.69) is 18.9 Å². The lowest BCUT2D eigenvalue weighted by Gasteiger charge is -2.25. The molecule has 1 aliphatic carbocycles. The minimum Gasteiger partial charge on any atom is -0.493 e. The van der Waals surface area contributed by atoms with E-state index in [0.29, 0.717) is 0 Å². The predicted molar refractivity (Wildman–Crippen MR) is 65.3 cm³/mol. The fourth-order valence-corrected chi connectivity index (χ4v) is 3.20. The molecule has 0 spiro atoms. The summed E-state index contributed by atoms with van der Waals surface area (Å²) in [6, 6.07) is 0. The predicted octanol–water partition coefficient (Wildman–Crippen LogP) is 2.96. The summed E-state index contributed by atoms with van der Waals surface area (Å²) >= 11 is 6.23. The van der Waals surface area contributed by atoms with Crippen LogP contribution in [0.3, 0.4) is 0 Å². The van der Waals surface area contributed by atoms with E-state index in [1.807, 2.05) is 10.9 Å². The number of ether oxygens (including phenoxy) is 1. The van der Waals surface area contributed by atoms with Gasteiger partial charge in [-0.25, -0.2) is 0 Å². The van der Waals surface area contributed by atoms with Crippen LogP contribution >= 0.6 is 11.6 Å². The van der Waals surface area contributed by atoms with Gasteiger partial charge in [0.1, 0.15) is 0 Å². The van der Waals surface area contributed by atoms with Crippen molar-refractivity contribution in [2.75, 3.05) is 7.11 Å². The Bertz CT molecular complexity index is 356. The highest BCUT2D eigenvalue weighted by Crippen LogP contribution is 2.45. The van der Waals surface area contributed by atoms with Crippen LogP contribution in [0.15, 0.2) is 6.20 Å². The molecule has 0 amide bonds. The van der Waals surface area contributed by atoms with Gasteiger partial charge in [-0.3, -0.25) is 4.68 Å². The van der Waals surface area contributed by atoms with Gasteiger partial charge in [-0.05, 0) is 26.2 Å². The van der Waals surface area contributed by atoms with Gasteiger partial charge in [-0.1, -0.05) is 6.92 Å². The van der Waals surface area contributed by atoms with Crippen LogP contribution in [0.25, 0.3) is 0 Å². The molecule has 0 radical (unpaired) electrons. The second kappa shape index (κ2) is 4.28. The van der Waals surface area contributed by atoms with E-state index in [9.17, 15) is 0 Å². The highest BCUT2D eigenvalue weighted by atomic mass is 35.5. The maximum Gasteiger partial charge on any atom is 0.160 e. The SMILES string of the molecule is CCn1ncc(OC)c1C1(C)CCC(Cl)C1. The van der Waals surface area contributed by atoms with E-state index in [-0.39, 0.29) is 10.8 Å². The number of hydrogen-bond donors (Lipinski definition) is 0. The average Bonchev–Trinajstić information content (AvgIpc) is 2.82. The van der Waals surface area contributed by atoms with Crippen LogP contribution in [0.2, 0.25) is 0 Å². The summed E-state index contributed by atoms with van der Waals surface area (Å²) in [4.78, 5) is 0. The monoisotopic (exact) mass is 242 g/mol. The number of halogens is 1. The Kier molecular flexibility index (Phi) is 3.15. The Hall–Kier alpha value is -0.700. The zero-order valence-corrected chi connectivity index (χ0v) is 10.9. The van der Waals surface area contributed by atoms with Gasteiger partial charge in [0.15, 0.2) is 5.75 Å². The van der Waals surface area contributed by atoms with Crippen LogP contribution in [-0.2, 0) is 12.0 Å². The third-order valence-electron chi connectivity index (χ3n) is 3.58. The first-order chi connectivity index (χ1) is 7.60. The molecule has 1 fully saturated rings. The van der Waals surface area contributed by atoms with E-state index in [1.54, 1.807) is 7.11 Å². The molecule has 16 heavy (non-hydrogen) atoms. The first kappa shape index (κ1) is 11.8. The molecule has 1 aromatic rings. The molecule has 2 atom stereocenters. The van der Waals surface area contributed by atoms with E-state index >= 15 is 0 Å². The van der Waals surface area contributed by atoms with Gasteiger partial charge in [0, 0.05) is 17.3 Å². The molecular weight excluding hydrogens is 224 g/mol. The van der Waals surface area contributed by atoms with Gasteiger partial charge in [-0.15, -0.1) is 11.6 Å². The fourth-order valence-electron chi connectivity index (χ4n) is 2.75. The molecule has 0 aromatic carbocycles. The molecule has 90 valence electrons. The number of hydrogen-bond acceptors (Lipinski definition) is 2. The van der Waals surface area contributed by atoms with Crippen LogP contribution in [0, 0.1) is 0 Å². The zero-order chi connectivity index (χ0) is 11.8. The highest BCUT2D eigenvalue weighted by Gasteiger charge is 2.40. The second-order valence-electron chi connectivity index (χ2n) is 4.78. The molecule has 2 rings (SSSR count). The Balaban J connectivity index is 2.41. The summed E-state index contributed by atoms with van der Waals surface area (Å²) in [5, 5.41) is 4.66. The number of rotatable bonds is 3. The summed E-state index contributed by atoms with van der Waals surface area (Å²) in [6.45, 7) is 5.24. The van der Waals surface area contributed by atoms with Gasteiger partial charge in [-0.2, -0.15) is 5.10 Å². The summed E-state index contributed by atoms with van der Waals surface area (Å²) < 4.78 is 7.45. The zero-order valence-electron chi connectivity index (χ0n) is 10.2. The third kappa shape index (κ3) is 1.81. The van der Waals surface area contributed by atoms with Crippen LogP contribution in [0.4, 0.5) is 0 Å². The van der Waals surface area contributed by atoms with Crippen molar-refractivity contribution in [3.8, 4) is 5.75 Å². The molecule has 2 unspecified atom stereocenters. The largest absolute Gasteiger partial charge is 0.493 e. The Morgan fingerprint density at radius 2 is 2.44 bits per heavy atom. The fraction of sp³-hybridized carbons (Fsp3) is 0.750. The van der Waals surface area contributed by atoms with Gasteiger partial charge >= 0.3 is 0 Å². The number of methoxy groups -OCH3 is 1. The molecule has 0 N–H and O–H groups in total. The molecule has 4 heteroatoms. The van der Waals surface area contributed by atoms with Crippen molar-refractivity contribution >= 4 is 11.6 Å². The minimum atomic E-state index is 0.115. The van der Waals surface area contributed by atoms with Crippen LogP contribution in [0.1, 0.15) is 38.8 Å². The molecule has 0 aliphatic heterocycles. The van der Waals surface area contributed by atoms with Crippen molar-refractivity contribution in [1.82, 2.24) is 9.78 Å². The molecule has 1 aliphatic rings. The molecule has 0 bridgehead atoms. The Morgan fingerprint density at radius 3 is 2.94 bits per heavy atom. The van der Waals surface area contributed by atoms with E-state index in [0.717, 1.165) is 31.6 Å². The smallest absolute Gasteiger partial charge is 0.160 e. The molecule has 0 saturated heterocycles. The maximum absolute atomic E-state index is 6.23. The van der Waals surface area contributed by atoms with Gasteiger partial charge < -0.3 is 4.74 Å². The molecule has 1 aromatic heterocycles. The van der Waals surface area contributed by atoms with E-state index in [4.69, 9.17) is 16.3 Å². The van der Waals surface area contributed by atoms with Crippen molar-refractivity contribution in [3.05, 3.63) is 11.9 Å². The Labute approximate surface area is 102 Å². The molecule has 1 saturated carbocycles. The maximum atomic E-state index is 6.23. The number of aryl methyl sites for hydroxylation is 1. The van der Waals surface area contributed by atoms with Crippen molar-refractivity contribution in [3.63, 3.8) is 0 Å². The first-order valence-electron chi connectivity index (χ1n) is 5.85. The average molecular weight is 243 g/mol. The number of aromatic nitrogens is 2. The standard InChI is InChI=1S/C12H19ClN2O/c1-4-15-11(10(16-3)8-14-15)12(2)6-5-9(13)7-12/h8-9H,4-7H2,1-3H3. The lowest BCUT2D eigenvalue weighted by molar-refractivity contribution is 0.371. The van der Waals surface area contributed by atoms with Crippen molar-refractivity contribution < 1.29 is 4.74 Å². The lowest BCUT2D eigenvalue weighted by atomic mass is 9.84. The molecular formula is C12H19ClN2O. The van der Waals surface area contributed by atoms with Gasteiger partial charge in [0.2, 0.25) is 0 Å². The van der Waals surface area contributed by atoms with E-state index < -0.39 is 0 Å². The van der Waals surface area contributed by atoms with Crippen LogP contribution < -0.4 is 4.74 Å². The molecule has 1 heterocycles. The van der Waals surface area contributed by atoms with Crippen LogP contribution in [-0.4, -0.2) is 22.3 Å². The quantitative estimate of drug-likeness (QED) is 0.762. The minimum absolute atomic E-state index is 0.115. The van der Waals surface area contributed by atoms with Gasteiger partial charge in [0.05, 0.1) is 19.0 Å². The lowest BCUT2D eigenvalue weighted by Crippen LogP contribution is -2.23. The second-order valence-corrected chi connectivity index (χ2v) is 5.40. The third-order valence-corrected chi connectivity index (χ3v) is 3.95. The summed E-state index contributed by atoms with van der Waals surface area (Å²) in [6.07, 6.45) is 5.02. The highest BCUT2D eigenvalue weighted by molar-refractivity contribution is 6.20. The summed E-state index contributed by atoms with van der Waals surface area (Å²) in [5.74, 6) is 0.898. The van der Waals surface area contributed by atoms with Gasteiger partial charge in [0.25, 0.3) is 0 Å². The molecule has 3 nitrogen and oxygen atoms in total. The number of alkyl halides is 1. The first-order valence-corrected chi connectivity index (χ1v) is 6.28. The van der Waals surface area contributed by atoms with Crippen molar-refractivity contribution in [2.45, 2.75) is 50.4 Å². The number of nitrogens with zero attached hydrogens (tertiary/aromatic N) is 2. The van der Waals surface area contributed by atoms with Crippen LogP contribution in [0.5, 0.6) is 5.75 Å². The van der Waals surface area contributed by atoms with Crippen molar-refractivity contribution in [1.29, 1.82) is 0 Å². The topological polar surface area (TPSA) is 27.1 Å². The summed E-state index contributed by atoms with van der Waals surface area (Å²) in [7, 11) is 1.71. The Morgan fingerprint density at radius 1 is 1.69 bits per heavy atom.